The van der Waals surface area contributed by atoms with Crippen LogP contribution >= 0.6 is 0 Å². The fraction of sp³-hybridized carbons (Fsp3) is 0.688. The fourth-order valence-corrected chi connectivity index (χ4v) is 4.00. The summed E-state index contributed by atoms with van der Waals surface area (Å²) in [5.74, 6) is 2.58. The van der Waals surface area contributed by atoms with Crippen LogP contribution in [0.15, 0.2) is 6.07 Å². The number of fused-ring (bicyclic) bond motifs is 1. The van der Waals surface area contributed by atoms with E-state index in [0.29, 0.717) is 30.2 Å². The highest BCUT2D eigenvalue weighted by Crippen LogP contribution is 2.54. The number of aryl methyl sites for hydroxylation is 1. The molecule has 0 radical (unpaired) electrons. The molecule has 3 aliphatic rings. The highest BCUT2D eigenvalue weighted by molar-refractivity contribution is 5.68. The van der Waals surface area contributed by atoms with Crippen molar-refractivity contribution >= 4 is 17.7 Å². The molecule has 22 heavy (non-hydrogen) atoms. The summed E-state index contributed by atoms with van der Waals surface area (Å²) in [6.45, 7) is 7.12. The van der Waals surface area contributed by atoms with Crippen molar-refractivity contribution in [2.24, 2.45) is 17.8 Å². The lowest BCUT2D eigenvalue weighted by Gasteiger charge is -2.40. The van der Waals surface area contributed by atoms with Gasteiger partial charge in [-0.3, -0.25) is 4.79 Å². The van der Waals surface area contributed by atoms with Gasteiger partial charge in [0.1, 0.15) is 5.82 Å². The Morgan fingerprint density at radius 1 is 1.36 bits per heavy atom. The normalized spacial score (nSPS) is 32.6. The van der Waals surface area contributed by atoms with E-state index >= 15 is 0 Å². The molecular weight excluding hydrogens is 280 g/mol. The molecule has 118 valence electrons. The van der Waals surface area contributed by atoms with Gasteiger partial charge in [0, 0.05) is 43.9 Å². The lowest BCUT2D eigenvalue weighted by Crippen LogP contribution is -2.46. The third kappa shape index (κ3) is 2.21. The number of aromatic nitrogens is 2. The van der Waals surface area contributed by atoms with Crippen LogP contribution in [0.4, 0.5) is 11.8 Å². The third-order valence-corrected chi connectivity index (χ3v) is 5.51. The van der Waals surface area contributed by atoms with Crippen molar-refractivity contribution in [1.82, 2.24) is 9.97 Å². The van der Waals surface area contributed by atoms with Crippen molar-refractivity contribution in [3.8, 4) is 0 Å². The van der Waals surface area contributed by atoms with Gasteiger partial charge in [-0.15, -0.1) is 0 Å². The van der Waals surface area contributed by atoms with E-state index < -0.39 is 5.97 Å². The Hall–Kier alpha value is -1.85. The number of nitrogens with zero attached hydrogens (tertiary/aromatic N) is 4. The predicted molar refractivity (Wildman–Crippen MR) is 83.1 cm³/mol. The molecule has 1 N–H and O–H groups in total. The number of anilines is 2. The van der Waals surface area contributed by atoms with Gasteiger partial charge in [-0.05, 0) is 38.0 Å². The van der Waals surface area contributed by atoms with Gasteiger partial charge in [0.05, 0.1) is 0 Å². The number of aliphatic carboxylic acids is 1. The largest absolute Gasteiger partial charge is 0.481 e. The summed E-state index contributed by atoms with van der Waals surface area (Å²) in [6.07, 6.45) is 1.54. The second-order valence-corrected chi connectivity index (χ2v) is 6.99. The van der Waals surface area contributed by atoms with Crippen molar-refractivity contribution in [1.29, 1.82) is 0 Å². The number of piperidine rings is 1. The average Bonchev–Trinajstić information content (AvgIpc) is 2.88. The number of hydrogen-bond acceptors (Lipinski definition) is 5. The molecule has 1 aliphatic carbocycles. The minimum absolute atomic E-state index is 0.314. The summed E-state index contributed by atoms with van der Waals surface area (Å²) in [5.41, 5.74) is 1.00. The van der Waals surface area contributed by atoms with Crippen LogP contribution in [0.2, 0.25) is 0 Å². The van der Waals surface area contributed by atoms with Crippen molar-refractivity contribution < 1.29 is 9.90 Å². The number of hydrogen-bond donors (Lipinski definition) is 1. The van der Waals surface area contributed by atoms with Gasteiger partial charge in [0.2, 0.25) is 5.95 Å². The van der Waals surface area contributed by atoms with Gasteiger partial charge < -0.3 is 14.9 Å². The maximum Gasteiger partial charge on any atom is 0.303 e. The van der Waals surface area contributed by atoms with E-state index in [0.717, 1.165) is 37.1 Å². The second-order valence-electron chi connectivity index (χ2n) is 6.99. The van der Waals surface area contributed by atoms with Crippen LogP contribution in [0.3, 0.4) is 0 Å². The Morgan fingerprint density at radius 3 is 2.64 bits per heavy atom. The first-order valence-corrected chi connectivity index (χ1v) is 8.12. The molecule has 2 saturated heterocycles. The molecule has 2 aliphatic heterocycles. The van der Waals surface area contributed by atoms with Crippen LogP contribution in [-0.4, -0.2) is 46.7 Å². The van der Waals surface area contributed by atoms with E-state index in [-0.39, 0.29) is 0 Å². The zero-order valence-electron chi connectivity index (χ0n) is 13.1. The molecule has 2 unspecified atom stereocenters. The van der Waals surface area contributed by atoms with E-state index in [1.807, 2.05) is 6.92 Å². The van der Waals surface area contributed by atoms with Crippen molar-refractivity contribution in [2.75, 3.05) is 29.4 Å². The minimum Gasteiger partial charge on any atom is -0.481 e. The number of rotatable bonds is 4. The molecule has 0 amide bonds. The maximum atomic E-state index is 10.8. The van der Waals surface area contributed by atoms with Gasteiger partial charge >= 0.3 is 5.97 Å². The topological polar surface area (TPSA) is 69.6 Å². The number of carbonyl (C=O) groups is 1. The molecule has 1 aromatic rings. The number of carboxylic acids is 1. The van der Waals surface area contributed by atoms with Crippen molar-refractivity contribution in [3.63, 3.8) is 0 Å². The monoisotopic (exact) mass is 302 g/mol. The molecule has 0 aromatic carbocycles. The first-order chi connectivity index (χ1) is 10.5. The summed E-state index contributed by atoms with van der Waals surface area (Å²) >= 11 is 0. The smallest absolute Gasteiger partial charge is 0.303 e. The third-order valence-electron chi connectivity index (χ3n) is 5.51. The lowest BCUT2D eigenvalue weighted by molar-refractivity contribution is -0.137. The summed E-state index contributed by atoms with van der Waals surface area (Å²) in [7, 11) is 0. The molecule has 6 nitrogen and oxygen atoms in total. The standard InChI is InChI=1S/C16H22N4O2/c1-9-5-14(20-4-3-10(20)2)18-16(17-9)19-7-12-11(6-15(21)22)13(12)8-19/h5,10-13H,3-4,6-8H2,1-2H3,(H,21,22)/t10-,11?,12?,13?/m0/s1. The molecule has 3 atom stereocenters. The van der Waals surface area contributed by atoms with E-state index in [1.165, 1.54) is 6.42 Å². The minimum atomic E-state index is -0.674. The lowest BCUT2D eigenvalue weighted by atomic mass is 10.1. The summed E-state index contributed by atoms with van der Waals surface area (Å²) < 4.78 is 0. The summed E-state index contributed by atoms with van der Waals surface area (Å²) in [6, 6.07) is 2.62. The maximum absolute atomic E-state index is 10.8. The molecule has 0 bridgehead atoms. The van der Waals surface area contributed by atoms with Crippen molar-refractivity contribution in [3.05, 3.63) is 11.8 Å². The predicted octanol–water partition coefficient (Wildman–Crippen LogP) is 1.54. The molecule has 3 heterocycles. The first-order valence-electron chi connectivity index (χ1n) is 8.12. The Kier molecular flexibility index (Phi) is 3.03. The van der Waals surface area contributed by atoms with E-state index in [1.54, 1.807) is 0 Å². The Labute approximate surface area is 130 Å². The van der Waals surface area contributed by atoms with Crippen LogP contribution in [0.1, 0.15) is 25.5 Å². The van der Waals surface area contributed by atoms with Crippen LogP contribution in [0.25, 0.3) is 0 Å². The fourth-order valence-electron chi connectivity index (χ4n) is 4.00. The molecule has 1 saturated carbocycles. The Bertz CT molecular complexity index is 608. The van der Waals surface area contributed by atoms with Crippen LogP contribution in [-0.2, 0) is 4.79 Å². The van der Waals surface area contributed by atoms with Crippen LogP contribution in [0.5, 0.6) is 0 Å². The zero-order valence-corrected chi connectivity index (χ0v) is 13.1. The van der Waals surface area contributed by atoms with E-state index in [4.69, 9.17) is 10.1 Å². The molecular formula is C16H22N4O2. The Balaban J connectivity index is 1.47. The van der Waals surface area contributed by atoms with E-state index in [2.05, 4.69) is 27.8 Å². The second kappa shape index (κ2) is 4.83. The van der Waals surface area contributed by atoms with Gasteiger partial charge in [-0.25, -0.2) is 4.98 Å². The van der Waals surface area contributed by atoms with Gasteiger partial charge in [0.15, 0.2) is 0 Å². The molecule has 3 fully saturated rings. The molecule has 0 spiro atoms. The summed E-state index contributed by atoms with van der Waals surface area (Å²) in [4.78, 5) is 24.7. The van der Waals surface area contributed by atoms with Gasteiger partial charge in [0.25, 0.3) is 0 Å². The quantitative estimate of drug-likeness (QED) is 0.910. The van der Waals surface area contributed by atoms with Crippen LogP contribution in [0, 0.1) is 24.7 Å². The van der Waals surface area contributed by atoms with E-state index in [9.17, 15) is 4.79 Å². The molecule has 4 rings (SSSR count). The zero-order chi connectivity index (χ0) is 15.4. The molecule has 6 heteroatoms. The summed E-state index contributed by atoms with van der Waals surface area (Å²) in [5, 5.41) is 8.91. The highest BCUT2D eigenvalue weighted by atomic mass is 16.4. The first kappa shape index (κ1) is 13.8. The van der Waals surface area contributed by atoms with Crippen molar-refractivity contribution in [2.45, 2.75) is 32.7 Å². The van der Waals surface area contributed by atoms with Gasteiger partial charge in [-0.2, -0.15) is 4.98 Å². The van der Waals surface area contributed by atoms with Crippen LogP contribution < -0.4 is 9.80 Å². The average molecular weight is 302 g/mol. The SMILES string of the molecule is Cc1cc(N2CC[C@@H]2C)nc(N2CC3C(CC(=O)O)C3C2)n1. The Morgan fingerprint density at radius 2 is 2.09 bits per heavy atom. The molecule has 1 aromatic heterocycles. The number of carboxylic acid groups (broad SMARTS) is 1. The highest BCUT2D eigenvalue weighted by Gasteiger charge is 2.56. The van der Waals surface area contributed by atoms with Gasteiger partial charge in [-0.1, -0.05) is 0 Å².